The number of hydrogen-bond donors (Lipinski definition) is 1. The van der Waals surface area contributed by atoms with Crippen LogP contribution in [-0.2, 0) is 24.3 Å². The van der Waals surface area contributed by atoms with Crippen LogP contribution in [0.1, 0.15) is 23.6 Å². The molecule has 0 spiro atoms. The summed E-state index contributed by atoms with van der Waals surface area (Å²) in [6.45, 7) is 3.83. The molecule has 1 aromatic carbocycles. The average molecular weight is 275 g/mol. The molecule has 0 saturated heterocycles. The van der Waals surface area contributed by atoms with Crippen LogP contribution in [0.25, 0.3) is 0 Å². The smallest absolute Gasteiger partial charge is 0.0713 e. The molecule has 0 radical (unpaired) electrons. The fourth-order valence-electron chi connectivity index (χ4n) is 2.05. The number of nitrogens with one attached hydrogen (secondary N) is 1. The second-order valence-electron chi connectivity index (χ2n) is 4.87. The Balaban J connectivity index is 1.78. The van der Waals surface area contributed by atoms with Gasteiger partial charge < -0.3 is 10.1 Å². The molecule has 0 saturated carbocycles. The van der Waals surface area contributed by atoms with Crippen LogP contribution < -0.4 is 5.32 Å². The van der Waals surface area contributed by atoms with Crippen molar-refractivity contribution in [1.29, 1.82) is 0 Å². The minimum atomic E-state index is 0.494. The first-order valence-corrected chi connectivity index (χ1v) is 7.53. The summed E-state index contributed by atoms with van der Waals surface area (Å²) in [5, 5.41) is 7.92. The van der Waals surface area contributed by atoms with Crippen molar-refractivity contribution in [2.75, 3.05) is 7.11 Å². The van der Waals surface area contributed by atoms with Crippen LogP contribution in [0.5, 0.6) is 0 Å². The molecule has 2 aromatic rings. The largest absolute Gasteiger partial charge is 0.380 e. The second kappa shape index (κ2) is 7.43. The molecule has 1 unspecified atom stereocenters. The van der Waals surface area contributed by atoms with Crippen LogP contribution >= 0.6 is 11.3 Å². The Bertz CT molecular complexity index is 464. The van der Waals surface area contributed by atoms with E-state index in [-0.39, 0.29) is 0 Å². The lowest BCUT2D eigenvalue weighted by molar-refractivity contribution is 0.185. The highest BCUT2D eigenvalue weighted by atomic mass is 32.1. The minimum Gasteiger partial charge on any atom is -0.380 e. The van der Waals surface area contributed by atoms with Crippen molar-refractivity contribution >= 4 is 11.3 Å². The lowest BCUT2D eigenvalue weighted by Gasteiger charge is -2.13. The summed E-state index contributed by atoms with van der Waals surface area (Å²) in [5.74, 6) is 0. The Morgan fingerprint density at radius 3 is 2.47 bits per heavy atom. The number of methoxy groups -OCH3 is 1. The molecule has 1 heterocycles. The summed E-state index contributed by atoms with van der Waals surface area (Å²) >= 11 is 1.76. The van der Waals surface area contributed by atoms with Crippen molar-refractivity contribution in [1.82, 2.24) is 5.32 Å². The zero-order chi connectivity index (χ0) is 13.5. The maximum absolute atomic E-state index is 5.11. The molecule has 0 bridgehead atoms. The van der Waals surface area contributed by atoms with E-state index in [4.69, 9.17) is 4.74 Å². The Morgan fingerprint density at radius 1 is 1.11 bits per heavy atom. The van der Waals surface area contributed by atoms with Gasteiger partial charge in [-0.1, -0.05) is 24.3 Å². The molecule has 1 N–H and O–H groups in total. The van der Waals surface area contributed by atoms with Crippen LogP contribution in [0.2, 0.25) is 0 Å². The van der Waals surface area contributed by atoms with Gasteiger partial charge in [-0.05, 0) is 46.9 Å². The summed E-state index contributed by atoms with van der Waals surface area (Å²) < 4.78 is 5.11. The van der Waals surface area contributed by atoms with Crippen LogP contribution in [0.4, 0.5) is 0 Å². The second-order valence-corrected chi connectivity index (χ2v) is 5.65. The van der Waals surface area contributed by atoms with E-state index in [0.29, 0.717) is 12.6 Å². The van der Waals surface area contributed by atoms with Gasteiger partial charge in [0.2, 0.25) is 0 Å². The average Bonchev–Trinajstić information content (AvgIpc) is 2.91. The van der Waals surface area contributed by atoms with E-state index in [9.17, 15) is 0 Å². The summed E-state index contributed by atoms with van der Waals surface area (Å²) in [5.41, 5.74) is 3.95. The quantitative estimate of drug-likeness (QED) is 0.833. The van der Waals surface area contributed by atoms with Gasteiger partial charge in [0.05, 0.1) is 6.61 Å². The van der Waals surface area contributed by atoms with Gasteiger partial charge in [0.25, 0.3) is 0 Å². The number of benzene rings is 1. The monoisotopic (exact) mass is 275 g/mol. The van der Waals surface area contributed by atoms with Gasteiger partial charge >= 0.3 is 0 Å². The van der Waals surface area contributed by atoms with Crippen molar-refractivity contribution in [3.63, 3.8) is 0 Å². The van der Waals surface area contributed by atoms with Gasteiger partial charge in [-0.3, -0.25) is 0 Å². The van der Waals surface area contributed by atoms with Crippen molar-refractivity contribution < 1.29 is 4.74 Å². The predicted molar refractivity (Wildman–Crippen MR) is 81.5 cm³/mol. The summed E-state index contributed by atoms with van der Waals surface area (Å²) in [6.07, 6.45) is 1.09. The van der Waals surface area contributed by atoms with Gasteiger partial charge in [0, 0.05) is 19.7 Å². The highest BCUT2D eigenvalue weighted by molar-refractivity contribution is 7.07. The molecule has 0 aliphatic rings. The fraction of sp³-hybridized carbons (Fsp3) is 0.375. The zero-order valence-electron chi connectivity index (χ0n) is 11.6. The third-order valence-corrected chi connectivity index (χ3v) is 3.84. The molecule has 102 valence electrons. The fourth-order valence-corrected chi connectivity index (χ4v) is 2.73. The van der Waals surface area contributed by atoms with E-state index in [2.05, 4.69) is 53.3 Å². The first-order valence-electron chi connectivity index (χ1n) is 6.59. The topological polar surface area (TPSA) is 21.3 Å². The number of hydrogen-bond acceptors (Lipinski definition) is 3. The maximum atomic E-state index is 5.11. The molecular weight excluding hydrogens is 254 g/mol. The molecule has 2 rings (SSSR count). The van der Waals surface area contributed by atoms with E-state index in [1.807, 2.05) is 0 Å². The van der Waals surface area contributed by atoms with Gasteiger partial charge in [0.15, 0.2) is 0 Å². The Kier molecular flexibility index (Phi) is 5.58. The molecule has 19 heavy (non-hydrogen) atoms. The SMILES string of the molecule is COCc1ccc(CNC(C)Cc2ccsc2)cc1. The van der Waals surface area contributed by atoms with Crippen molar-refractivity contribution in [2.24, 2.45) is 0 Å². The van der Waals surface area contributed by atoms with E-state index in [1.165, 1.54) is 16.7 Å². The molecule has 0 aliphatic heterocycles. The number of ether oxygens (including phenoxy) is 1. The molecule has 1 aromatic heterocycles. The zero-order valence-corrected chi connectivity index (χ0v) is 12.4. The lowest BCUT2D eigenvalue weighted by atomic mass is 10.1. The predicted octanol–water partition coefficient (Wildman–Crippen LogP) is 3.62. The van der Waals surface area contributed by atoms with E-state index >= 15 is 0 Å². The first-order chi connectivity index (χ1) is 9.28. The van der Waals surface area contributed by atoms with Crippen LogP contribution in [-0.4, -0.2) is 13.2 Å². The highest BCUT2D eigenvalue weighted by Crippen LogP contribution is 2.09. The Labute approximate surface area is 119 Å². The molecule has 1 atom stereocenters. The Hall–Kier alpha value is -1.16. The van der Waals surface area contributed by atoms with E-state index < -0.39 is 0 Å². The van der Waals surface area contributed by atoms with Gasteiger partial charge in [-0.15, -0.1) is 0 Å². The maximum Gasteiger partial charge on any atom is 0.0713 e. The van der Waals surface area contributed by atoms with E-state index in [1.54, 1.807) is 18.4 Å². The third-order valence-electron chi connectivity index (χ3n) is 3.11. The minimum absolute atomic E-state index is 0.494. The molecule has 0 amide bonds. The molecule has 2 nitrogen and oxygen atoms in total. The normalized spacial score (nSPS) is 12.5. The molecule has 0 fully saturated rings. The highest BCUT2D eigenvalue weighted by Gasteiger charge is 2.03. The first kappa shape index (κ1) is 14.3. The number of rotatable bonds is 7. The summed E-state index contributed by atoms with van der Waals surface area (Å²) in [4.78, 5) is 0. The lowest BCUT2D eigenvalue weighted by Crippen LogP contribution is -2.27. The molecule has 3 heteroatoms. The third kappa shape index (κ3) is 4.78. The molecular formula is C16H21NOS. The van der Waals surface area contributed by atoms with Crippen molar-refractivity contribution in [2.45, 2.75) is 32.5 Å². The van der Waals surface area contributed by atoms with Crippen molar-refractivity contribution in [3.8, 4) is 0 Å². The van der Waals surface area contributed by atoms with Gasteiger partial charge in [-0.2, -0.15) is 11.3 Å². The van der Waals surface area contributed by atoms with Crippen LogP contribution in [0.3, 0.4) is 0 Å². The molecule has 0 aliphatic carbocycles. The number of thiophene rings is 1. The van der Waals surface area contributed by atoms with Gasteiger partial charge in [-0.25, -0.2) is 0 Å². The van der Waals surface area contributed by atoms with Crippen LogP contribution in [0, 0.1) is 0 Å². The Morgan fingerprint density at radius 2 is 1.84 bits per heavy atom. The summed E-state index contributed by atoms with van der Waals surface area (Å²) in [6, 6.07) is 11.3. The van der Waals surface area contributed by atoms with Gasteiger partial charge in [0.1, 0.15) is 0 Å². The van der Waals surface area contributed by atoms with Crippen LogP contribution in [0.15, 0.2) is 41.1 Å². The summed E-state index contributed by atoms with van der Waals surface area (Å²) in [7, 11) is 1.72. The van der Waals surface area contributed by atoms with Crippen molar-refractivity contribution in [3.05, 3.63) is 57.8 Å². The standard InChI is InChI=1S/C16H21NOS/c1-13(9-16-7-8-19-12-16)17-10-14-3-5-15(6-4-14)11-18-2/h3-8,12-13,17H,9-11H2,1-2H3. The van der Waals surface area contributed by atoms with E-state index in [0.717, 1.165) is 13.0 Å².